The number of phenols is 1. The number of carboxylic acid groups (broad SMARTS) is 1. The van der Waals surface area contributed by atoms with E-state index in [2.05, 4.69) is 5.32 Å². The molecule has 20 heavy (non-hydrogen) atoms. The lowest BCUT2D eigenvalue weighted by atomic mass is 10.2. The molecule has 1 saturated heterocycles. The van der Waals surface area contributed by atoms with Gasteiger partial charge in [-0.25, -0.2) is 9.59 Å². The van der Waals surface area contributed by atoms with Gasteiger partial charge in [0, 0.05) is 47.1 Å². The number of carboxylic acids is 1. The highest BCUT2D eigenvalue weighted by atomic mass is 32.2. The van der Waals surface area contributed by atoms with E-state index in [4.69, 9.17) is 5.11 Å². The molecule has 1 aromatic carbocycles. The molecule has 1 aliphatic heterocycles. The molecular weight excluding hydrogens is 284 g/mol. The number of aromatic carboxylic acids is 1. The molecule has 1 aromatic rings. The van der Waals surface area contributed by atoms with E-state index >= 15 is 0 Å². The number of carbonyl (C=O) groups excluding carboxylic acids is 1. The van der Waals surface area contributed by atoms with Crippen LogP contribution >= 0.6 is 0 Å². The molecule has 1 heterocycles. The fourth-order valence-electron chi connectivity index (χ4n) is 1.83. The lowest BCUT2D eigenvalue weighted by Gasteiger charge is -2.26. The molecule has 0 bridgehead atoms. The van der Waals surface area contributed by atoms with E-state index < -0.39 is 22.5 Å². The Morgan fingerprint density at radius 2 is 1.90 bits per heavy atom. The molecule has 0 unspecified atom stereocenters. The molecule has 0 radical (unpaired) electrons. The van der Waals surface area contributed by atoms with Gasteiger partial charge in [0.1, 0.15) is 11.3 Å². The molecule has 8 heteroatoms. The van der Waals surface area contributed by atoms with E-state index in [1.165, 1.54) is 23.1 Å². The summed E-state index contributed by atoms with van der Waals surface area (Å²) < 4.78 is 11.2. The van der Waals surface area contributed by atoms with E-state index in [-0.39, 0.29) is 11.6 Å². The van der Waals surface area contributed by atoms with Gasteiger partial charge in [-0.2, -0.15) is 0 Å². The number of hydrogen-bond donors (Lipinski definition) is 3. The Balaban J connectivity index is 2.03. The summed E-state index contributed by atoms with van der Waals surface area (Å²) in [5.74, 6) is -0.735. The van der Waals surface area contributed by atoms with Crippen LogP contribution in [0.3, 0.4) is 0 Å². The van der Waals surface area contributed by atoms with E-state index in [1.807, 2.05) is 0 Å². The number of rotatable bonds is 2. The van der Waals surface area contributed by atoms with Crippen molar-refractivity contribution in [1.29, 1.82) is 0 Å². The monoisotopic (exact) mass is 298 g/mol. The third-order valence-electron chi connectivity index (χ3n) is 2.94. The van der Waals surface area contributed by atoms with Gasteiger partial charge in [-0.1, -0.05) is 0 Å². The van der Waals surface area contributed by atoms with Crippen LogP contribution in [0.2, 0.25) is 0 Å². The minimum absolute atomic E-state index is 0.226. The molecule has 2 rings (SSSR count). The highest BCUT2D eigenvalue weighted by Gasteiger charge is 2.20. The van der Waals surface area contributed by atoms with Crippen LogP contribution in [-0.2, 0) is 10.8 Å². The molecule has 0 spiro atoms. The molecule has 1 aliphatic rings. The summed E-state index contributed by atoms with van der Waals surface area (Å²) in [6, 6.07) is 3.45. The SMILES string of the molecule is O=C(O)c1ccc(NC(=O)N2CCS(=O)CC2)cc1O. The van der Waals surface area contributed by atoms with Crippen LogP contribution in [0.25, 0.3) is 0 Å². The number of amides is 2. The molecule has 0 saturated carbocycles. The standard InChI is InChI=1S/C12H14N2O5S/c15-10-7-8(1-2-9(10)11(16)17)13-12(18)14-3-5-20(19)6-4-14/h1-2,7,15H,3-6H2,(H,13,18)(H,16,17). The first kappa shape index (κ1) is 14.3. The van der Waals surface area contributed by atoms with Crippen LogP contribution in [0.4, 0.5) is 10.5 Å². The van der Waals surface area contributed by atoms with Gasteiger partial charge in [0.2, 0.25) is 0 Å². The maximum absolute atomic E-state index is 11.9. The molecule has 1 fully saturated rings. The first-order chi connectivity index (χ1) is 9.47. The second-order valence-electron chi connectivity index (χ2n) is 4.30. The average molecular weight is 298 g/mol. The van der Waals surface area contributed by atoms with Gasteiger partial charge in [0.25, 0.3) is 0 Å². The maximum atomic E-state index is 11.9. The van der Waals surface area contributed by atoms with Crippen LogP contribution < -0.4 is 5.32 Å². The van der Waals surface area contributed by atoms with Gasteiger partial charge in [-0.05, 0) is 12.1 Å². The smallest absolute Gasteiger partial charge is 0.339 e. The number of benzene rings is 1. The molecule has 0 atom stereocenters. The number of hydrogen-bond acceptors (Lipinski definition) is 4. The van der Waals surface area contributed by atoms with Crippen molar-refractivity contribution < 1.29 is 24.0 Å². The fraction of sp³-hybridized carbons (Fsp3) is 0.333. The minimum Gasteiger partial charge on any atom is -0.507 e. The molecule has 3 N–H and O–H groups in total. The summed E-state index contributed by atoms with van der Waals surface area (Å²) in [5, 5.41) is 20.9. The number of nitrogens with zero attached hydrogens (tertiary/aromatic N) is 1. The quantitative estimate of drug-likeness (QED) is 0.744. The van der Waals surface area contributed by atoms with Crippen molar-refractivity contribution in [2.45, 2.75) is 0 Å². The highest BCUT2D eigenvalue weighted by molar-refractivity contribution is 7.85. The lowest BCUT2D eigenvalue weighted by Crippen LogP contribution is -2.43. The molecule has 108 valence electrons. The van der Waals surface area contributed by atoms with Crippen LogP contribution in [-0.4, -0.2) is 55.9 Å². The van der Waals surface area contributed by atoms with Crippen LogP contribution in [0.15, 0.2) is 18.2 Å². The first-order valence-corrected chi connectivity index (χ1v) is 7.43. The number of anilines is 1. The van der Waals surface area contributed by atoms with Gasteiger partial charge in [-0.15, -0.1) is 0 Å². The van der Waals surface area contributed by atoms with Crippen molar-refractivity contribution in [2.24, 2.45) is 0 Å². The largest absolute Gasteiger partial charge is 0.507 e. The Morgan fingerprint density at radius 1 is 1.25 bits per heavy atom. The third kappa shape index (κ3) is 3.27. The van der Waals surface area contributed by atoms with Gasteiger partial charge in [-0.3, -0.25) is 4.21 Å². The van der Waals surface area contributed by atoms with E-state index in [0.717, 1.165) is 0 Å². The Labute approximate surface area is 117 Å². The molecule has 2 amide bonds. The van der Waals surface area contributed by atoms with Crippen LogP contribution in [0, 0.1) is 0 Å². The van der Waals surface area contributed by atoms with Crippen LogP contribution in [0.5, 0.6) is 5.75 Å². The summed E-state index contributed by atoms with van der Waals surface area (Å²) in [4.78, 5) is 24.2. The number of aromatic hydroxyl groups is 1. The molecule has 7 nitrogen and oxygen atoms in total. The topological polar surface area (TPSA) is 107 Å². The Morgan fingerprint density at radius 3 is 2.45 bits per heavy atom. The third-order valence-corrected chi connectivity index (χ3v) is 4.22. The normalized spacial score (nSPS) is 15.9. The summed E-state index contributed by atoms with van der Waals surface area (Å²) in [6.45, 7) is 0.829. The minimum atomic E-state index is -1.24. The van der Waals surface area contributed by atoms with Gasteiger partial charge < -0.3 is 20.4 Å². The lowest BCUT2D eigenvalue weighted by molar-refractivity contribution is 0.0693. The van der Waals surface area contributed by atoms with Crippen LogP contribution in [0.1, 0.15) is 10.4 Å². The van der Waals surface area contributed by atoms with E-state index in [0.29, 0.717) is 30.3 Å². The number of urea groups is 1. The van der Waals surface area contributed by atoms with E-state index in [9.17, 15) is 18.9 Å². The summed E-state index contributed by atoms with van der Waals surface area (Å²) in [7, 11) is -0.863. The predicted octanol–water partition coefficient (Wildman–Crippen LogP) is 0.687. The number of nitrogens with one attached hydrogen (secondary N) is 1. The molecule has 0 aromatic heterocycles. The fourth-order valence-corrected chi connectivity index (χ4v) is 2.89. The van der Waals surface area contributed by atoms with Gasteiger partial charge in [0.15, 0.2) is 0 Å². The summed E-state index contributed by atoms with van der Waals surface area (Å²) in [6.07, 6.45) is 0. The average Bonchev–Trinajstić information content (AvgIpc) is 2.39. The van der Waals surface area contributed by atoms with Gasteiger partial charge >= 0.3 is 12.0 Å². The Kier molecular flexibility index (Phi) is 4.23. The van der Waals surface area contributed by atoms with Crippen molar-refractivity contribution in [3.8, 4) is 5.75 Å². The second kappa shape index (κ2) is 5.91. The van der Waals surface area contributed by atoms with Crippen molar-refractivity contribution in [1.82, 2.24) is 4.90 Å². The second-order valence-corrected chi connectivity index (χ2v) is 6.00. The van der Waals surface area contributed by atoms with Gasteiger partial charge in [0.05, 0.1) is 0 Å². The maximum Gasteiger partial charge on any atom is 0.339 e. The molecular formula is C12H14N2O5S. The van der Waals surface area contributed by atoms with E-state index in [1.54, 1.807) is 0 Å². The van der Waals surface area contributed by atoms with Crippen molar-refractivity contribution in [3.05, 3.63) is 23.8 Å². The summed E-state index contributed by atoms with van der Waals surface area (Å²) >= 11 is 0. The Bertz CT molecular complexity index is 565. The first-order valence-electron chi connectivity index (χ1n) is 5.94. The summed E-state index contributed by atoms with van der Waals surface area (Å²) in [5.41, 5.74) is 0.0839. The van der Waals surface area contributed by atoms with Crippen molar-refractivity contribution in [3.63, 3.8) is 0 Å². The van der Waals surface area contributed by atoms with Crippen molar-refractivity contribution in [2.75, 3.05) is 29.9 Å². The zero-order chi connectivity index (χ0) is 14.7. The zero-order valence-corrected chi connectivity index (χ0v) is 11.4. The molecule has 0 aliphatic carbocycles. The van der Waals surface area contributed by atoms with Crippen molar-refractivity contribution >= 4 is 28.5 Å². The zero-order valence-electron chi connectivity index (χ0n) is 10.5. The number of carbonyl (C=O) groups is 2. The predicted molar refractivity (Wildman–Crippen MR) is 73.5 cm³/mol. The Hall–Kier alpha value is -2.09. The highest BCUT2D eigenvalue weighted by Crippen LogP contribution is 2.22.